The molecule has 3 N–H and O–H groups in total. The number of hydrazine groups is 1. The summed E-state index contributed by atoms with van der Waals surface area (Å²) in [6.45, 7) is 2.05. The Morgan fingerprint density at radius 1 is 1.56 bits per heavy atom. The van der Waals surface area contributed by atoms with Gasteiger partial charge in [0.05, 0.1) is 4.88 Å². The van der Waals surface area contributed by atoms with Crippen molar-refractivity contribution in [2.75, 3.05) is 7.05 Å². The van der Waals surface area contributed by atoms with Gasteiger partial charge in [-0.25, -0.2) is 0 Å². The van der Waals surface area contributed by atoms with E-state index in [1.165, 1.54) is 11.3 Å². The molecule has 88 valence electrons. The number of nitrogens with one attached hydrogen (secondary N) is 3. The van der Waals surface area contributed by atoms with Crippen molar-refractivity contribution in [3.05, 3.63) is 20.3 Å². The van der Waals surface area contributed by atoms with Crippen molar-refractivity contribution < 1.29 is 4.79 Å². The maximum Gasteiger partial charge on any atom is 0.279 e. The molecule has 0 fully saturated rings. The second-order valence-electron chi connectivity index (χ2n) is 2.89. The van der Waals surface area contributed by atoms with Crippen molar-refractivity contribution in [1.29, 1.82) is 0 Å². The molecule has 1 rings (SSSR count). The Morgan fingerprint density at radius 2 is 2.25 bits per heavy atom. The van der Waals surface area contributed by atoms with Gasteiger partial charge in [0.15, 0.2) is 5.11 Å². The van der Waals surface area contributed by atoms with Gasteiger partial charge in [-0.1, -0.05) is 6.92 Å². The van der Waals surface area contributed by atoms with Gasteiger partial charge < -0.3 is 5.32 Å². The molecule has 0 saturated carbocycles. The molecule has 0 aliphatic rings. The second-order valence-corrected chi connectivity index (χ2v) is 5.29. The highest BCUT2D eigenvalue weighted by Gasteiger charge is 2.12. The molecule has 0 unspecified atom stereocenters. The van der Waals surface area contributed by atoms with Crippen LogP contribution in [0.5, 0.6) is 0 Å². The summed E-state index contributed by atoms with van der Waals surface area (Å²) in [5, 5.41) is 3.07. The summed E-state index contributed by atoms with van der Waals surface area (Å²) in [6, 6.07) is 1.81. The lowest BCUT2D eigenvalue weighted by molar-refractivity contribution is 0.0948. The van der Waals surface area contributed by atoms with Crippen molar-refractivity contribution in [3.63, 3.8) is 0 Å². The number of halogens is 1. The lowest BCUT2D eigenvalue weighted by atomic mass is 10.3. The maximum atomic E-state index is 11.7. The number of amides is 1. The SMILES string of the molecule is CCc1sc(C(=O)NNC(=S)NC)cc1Br. The van der Waals surface area contributed by atoms with Crippen LogP contribution in [0.3, 0.4) is 0 Å². The average Bonchev–Trinajstić information content (AvgIpc) is 2.66. The summed E-state index contributed by atoms with van der Waals surface area (Å²) in [5.74, 6) is -0.192. The third-order valence-corrected chi connectivity index (χ3v) is 4.37. The van der Waals surface area contributed by atoms with Gasteiger partial charge in [0.1, 0.15) is 0 Å². The molecule has 0 aromatic carbocycles. The lowest BCUT2D eigenvalue weighted by Gasteiger charge is -2.06. The van der Waals surface area contributed by atoms with E-state index in [0.717, 1.165) is 15.8 Å². The molecule has 0 spiro atoms. The predicted octanol–water partition coefficient (Wildman–Crippen LogP) is 1.81. The van der Waals surface area contributed by atoms with E-state index >= 15 is 0 Å². The summed E-state index contributed by atoms with van der Waals surface area (Å²) in [4.78, 5) is 13.5. The van der Waals surface area contributed by atoms with Gasteiger partial charge in [-0.3, -0.25) is 15.6 Å². The van der Waals surface area contributed by atoms with Crippen LogP contribution in [0.15, 0.2) is 10.5 Å². The van der Waals surface area contributed by atoms with E-state index in [0.29, 0.717) is 9.99 Å². The highest BCUT2D eigenvalue weighted by molar-refractivity contribution is 9.10. The van der Waals surface area contributed by atoms with Gasteiger partial charge in [-0.05, 0) is 40.6 Å². The summed E-state index contributed by atoms with van der Waals surface area (Å²) >= 11 is 9.71. The number of thiocarbonyl (C=S) groups is 1. The van der Waals surface area contributed by atoms with Crippen LogP contribution in [-0.2, 0) is 6.42 Å². The number of carbonyl (C=O) groups excluding carboxylic acids is 1. The molecule has 1 aromatic rings. The van der Waals surface area contributed by atoms with Gasteiger partial charge in [0, 0.05) is 16.4 Å². The van der Waals surface area contributed by atoms with Gasteiger partial charge >= 0.3 is 0 Å². The van der Waals surface area contributed by atoms with Crippen LogP contribution in [0.1, 0.15) is 21.5 Å². The van der Waals surface area contributed by atoms with E-state index < -0.39 is 0 Å². The normalized spacial score (nSPS) is 9.69. The molecule has 1 amide bonds. The van der Waals surface area contributed by atoms with Crippen LogP contribution < -0.4 is 16.2 Å². The monoisotopic (exact) mass is 321 g/mol. The number of carbonyl (C=O) groups is 1. The van der Waals surface area contributed by atoms with Crippen molar-refractivity contribution in [3.8, 4) is 0 Å². The van der Waals surface area contributed by atoms with Crippen LogP contribution in [0.25, 0.3) is 0 Å². The molecule has 1 heterocycles. The van der Waals surface area contributed by atoms with Gasteiger partial charge in [0.25, 0.3) is 5.91 Å². The van der Waals surface area contributed by atoms with Gasteiger partial charge in [-0.2, -0.15) is 0 Å². The van der Waals surface area contributed by atoms with E-state index in [1.54, 1.807) is 7.05 Å². The number of rotatable bonds is 2. The molecule has 0 radical (unpaired) electrons. The Morgan fingerprint density at radius 3 is 2.75 bits per heavy atom. The summed E-state index contributed by atoms with van der Waals surface area (Å²) in [7, 11) is 1.68. The Kier molecular flexibility index (Phi) is 5.17. The average molecular weight is 322 g/mol. The van der Waals surface area contributed by atoms with Crippen LogP contribution >= 0.6 is 39.5 Å². The van der Waals surface area contributed by atoms with Crippen LogP contribution in [0.4, 0.5) is 0 Å². The van der Waals surface area contributed by atoms with Crippen molar-refractivity contribution >= 4 is 50.5 Å². The molecule has 0 saturated heterocycles. The summed E-state index contributed by atoms with van der Waals surface area (Å²) < 4.78 is 0.973. The van der Waals surface area contributed by atoms with Crippen LogP contribution in [-0.4, -0.2) is 18.1 Å². The minimum Gasteiger partial charge on any atom is -0.364 e. The summed E-state index contributed by atoms with van der Waals surface area (Å²) in [5.41, 5.74) is 5.10. The zero-order chi connectivity index (χ0) is 12.1. The molecular weight excluding hydrogens is 310 g/mol. The molecule has 0 aliphatic carbocycles. The highest BCUT2D eigenvalue weighted by Crippen LogP contribution is 2.27. The van der Waals surface area contributed by atoms with Gasteiger partial charge in [-0.15, -0.1) is 11.3 Å². The third-order valence-electron chi connectivity index (χ3n) is 1.82. The van der Waals surface area contributed by atoms with E-state index in [-0.39, 0.29) is 5.91 Å². The third kappa shape index (κ3) is 3.43. The Hall–Kier alpha value is -0.660. The van der Waals surface area contributed by atoms with Crippen LogP contribution in [0, 0.1) is 0 Å². The highest BCUT2D eigenvalue weighted by atomic mass is 79.9. The largest absolute Gasteiger partial charge is 0.364 e. The minimum atomic E-state index is -0.192. The molecule has 0 bridgehead atoms. The Labute approximate surface area is 112 Å². The zero-order valence-electron chi connectivity index (χ0n) is 8.89. The fourth-order valence-corrected chi connectivity index (χ4v) is 2.84. The van der Waals surface area contributed by atoms with E-state index in [9.17, 15) is 4.79 Å². The number of hydrogen-bond donors (Lipinski definition) is 3. The topological polar surface area (TPSA) is 53.2 Å². The first-order chi connectivity index (χ1) is 7.58. The summed E-state index contributed by atoms with van der Waals surface area (Å²) in [6.07, 6.45) is 0.904. The molecule has 7 heteroatoms. The standard InChI is InChI=1S/C9H12BrN3OS2/c1-3-6-5(10)4-7(16-6)8(14)12-13-9(15)11-2/h4H,3H2,1-2H3,(H,12,14)(H2,11,13,15). The first kappa shape index (κ1) is 13.4. The minimum absolute atomic E-state index is 0.192. The quantitative estimate of drug-likeness (QED) is 0.574. The van der Waals surface area contributed by atoms with Gasteiger partial charge in [0.2, 0.25) is 0 Å². The number of hydrogen-bond acceptors (Lipinski definition) is 3. The fourth-order valence-electron chi connectivity index (χ4n) is 0.997. The Bertz CT molecular complexity index is 405. The van der Waals surface area contributed by atoms with E-state index in [4.69, 9.17) is 12.2 Å². The Balaban J connectivity index is 2.62. The first-order valence-electron chi connectivity index (χ1n) is 4.64. The number of aryl methyl sites for hydroxylation is 1. The predicted molar refractivity (Wildman–Crippen MR) is 73.7 cm³/mol. The van der Waals surface area contributed by atoms with Crippen molar-refractivity contribution in [1.82, 2.24) is 16.2 Å². The first-order valence-corrected chi connectivity index (χ1v) is 6.66. The molecule has 4 nitrogen and oxygen atoms in total. The van der Waals surface area contributed by atoms with Crippen molar-refractivity contribution in [2.45, 2.75) is 13.3 Å². The molecule has 16 heavy (non-hydrogen) atoms. The fraction of sp³-hybridized carbons (Fsp3) is 0.333. The molecule has 0 aliphatic heterocycles. The van der Waals surface area contributed by atoms with E-state index in [2.05, 4.69) is 32.1 Å². The molecular formula is C9H12BrN3OS2. The maximum absolute atomic E-state index is 11.7. The molecule has 1 aromatic heterocycles. The second kappa shape index (κ2) is 6.17. The lowest BCUT2D eigenvalue weighted by Crippen LogP contribution is -2.45. The number of thiophene rings is 1. The van der Waals surface area contributed by atoms with E-state index in [1.807, 2.05) is 13.0 Å². The smallest absolute Gasteiger partial charge is 0.279 e. The van der Waals surface area contributed by atoms with Crippen molar-refractivity contribution in [2.24, 2.45) is 0 Å². The zero-order valence-corrected chi connectivity index (χ0v) is 12.1. The van der Waals surface area contributed by atoms with Crippen LogP contribution in [0.2, 0.25) is 0 Å². The molecule has 0 atom stereocenters.